The molecule has 0 bridgehead atoms. The lowest BCUT2D eigenvalue weighted by Gasteiger charge is -2.11. The molecule has 0 unspecified atom stereocenters. The minimum Gasteiger partial charge on any atom is -0.438 e. The van der Waals surface area contributed by atoms with Crippen LogP contribution in [0.1, 0.15) is 0 Å². The predicted molar refractivity (Wildman–Crippen MR) is 118 cm³/mol. The van der Waals surface area contributed by atoms with Gasteiger partial charge in [-0.2, -0.15) is 0 Å². The molecule has 0 radical (unpaired) electrons. The lowest BCUT2D eigenvalue weighted by Crippen LogP contribution is -2.13. The molecule has 10 heteroatoms. The van der Waals surface area contributed by atoms with Gasteiger partial charge in [-0.1, -0.05) is 18.2 Å². The number of hydrogen-bond donors (Lipinski definition) is 1. The highest BCUT2D eigenvalue weighted by Gasteiger charge is 2.18. The topological polar surface area (TPSA) is 112 Å². The maximum Gasteiger partial charge on any atom is 0.264 e. The van der Waals surface area contributed by atoms with Gasteiger partial charge in [0.1, 0.15) is 17.0 Å². The van der Waals surface area contributed by atoms with E-state index in [1.54, 1.807) is 78.0 Å². The number of hydrogen-bond acceptors (Lipinski definition) is 7. The summed E-state index contributed by atoms with van der Waals surface area (Å²) in [4.78, 5) is 8.30. The van der Waals surface area contributed by atoms with Crippen molar-refractivity contribution in [1.82, 2.24) is 24.7 Å². The monoisotopic (exact) mass is 444 g/mol. The zero-order valence-corrected chi connectivity index (χ0v) is 17.3. The van der Waals surface area contributed by atoms with Crippen LogP contribution in [0.15, 0.2) is 96.5 Å². The molecule has 0 aliphatic heterocycles. The van der Waals surface area contributed by atoms with E-state index in [1.165, 1.54) is 6.07 Å². The molecule has 0 saturated carbocycles. The third-order valence-corrected chi connectivity index (χ3v) is 6.02. The van der Waals surface area contributed by atoms with Gasteiger partial charge in [-0.25, -0.2) is 13.4 Å². The maximum atomic E-state index is 12.9. The van der Waals surface area contributed by atoms with E-state index in [9.17, 15) is 8.42 Å². The van der Waals surface area contributed by atoms with Gasteiger partial charge in [0.25, 0.3) is 10.0 Å². The molecule has 2 aromatic carbocycles. The van der Waals surface area contributed by atoms with E-state index >= 15 is 0 Å². The van der Waals surface area contributed by atoms with Crippen LogP contribution in [0.2, 0.25) is 0 Å². The number of imidazole rings is 1. The molecule has 0 amide bonds. The summed E-state index contributed by atoms with van der Waals surface area (Å²) in [6, 6.07) is 18.6. The molecule has 0 spiro atoms. The van der Waals surface area contributed by atoms with Crippen LogP contribution in [-0.2, 0) is 10.0 Å². The van der Waals surface area contributed by atoms with Crippen LogP contribution in [0.4, 0.5) is 5.69 Å². The van der Waals surface area contributed by atoms with E-state index < -0.39 is 10.0 Å². The fourth-order valence-corrected chi connectivity index (χ4v) is 4.35. The maximum absolute atomic E-state index is 12.9. The lowest BCUT2D eigenvalue weighted by atomic mass is 10.2. The van der Waals surface area contributed by atoms with E-state index in [-0.39, 0.29) is 4.90 Å². The van der Waals surface area contributed by atoms with Crippen LogP contribution in [0.25, 0.3) is 16.7 Å². The molecule has 0 aliphatic rings. The molecule has 5 rings (SSSR count). The highest BCUT2D eigenvalue weighted by molar-refractivity contribution is 7.93. The molecule has 0 aliphatic carbocycles. The van der Waals surface area contributed by atoms with Crippen LogP contribution in [0.5, 0.6) is 11.6 Å². The highest BCUT2D eigenvalue weighted by atomic mass is 32.2. The Morgan fingerprint density at radius 1 is 0.875 bits per heavy atom. The van der Waals surface area contributed by atoms with Crippen molar-refractivity contribution in [2.45, 2.75) is 4.90 Å². The molecule has 3 heterocycles. The summed E-state index contributed by atoms with van der Waals surface area (Å²) in [5, 5.41) is 8.88. The normalized spacial score (nSPS) is 11.4. The van der Waals surface area contributed by atoms with Crippen molar-refractivity contribution < 1.29 is 13.2 Å². The third kappa shape index (κ3) is 3.98. The Morgan fingerprint density at radius 3 is 2.47 bits per heavy atom. The van der Waals surface area contributed by atoms with Gasteiger partial charge in [0.2, 0.25) is 5.88 Å². The number of pyridine rings is 1. The number of benzene rings is 2. The average molecular weight is 444 g/mol. The van der Waals surface area contributed by atoms with Crippen molar-refractivity contribution in [3.63, 3.8) is 0 Å². The van der Waals surface area contributed by atoms with E-state index in [2.05, 4.69) is 24.9 Å². The summed E-state index contributed by atoms with van der Waals surface area (Å²) in [7, 11) is -3.82. The molecule has 158 valence electrons. The van der Waals surface area contributed by atoms with Crippen molar-refractivity contribution in [3.8, 4) is 17.4 Å². The van der Waals surface area contributed by atoms with Gasteiger partial charge in [0, 0.05) is 35.7 Å². The molecule has 3 aromatic heterocycles. The fraction of sp³-hybridized carbons (Fsp3) is 0. The molecule has 0 atom stereocenters. The smallest absolute Gasteiger partial charge is 0.264 e. The highest BCUT2D eigenvalue weighted by Crippen LogP contribution is 2.25. The second-order valence-corrected chi connectivity index (χ2v) is 8.41. The Morgan fingerprint density at radius 2 is 1.72 bits per heavy atom. The summed E-state index contributed by atoms with van der Waals surface area (Å²) >= 11 is 0. The molecular formula is C22H16N6O3S. The van der Waals surface area contributed by atoms with Crippen LogP contribution < -0.4 is 9.46 Å². The summed E-state index contributed by atoms with van der Waals surface area (Å²) in [5.74, 6) is 1.41. The van der Waals surface area contributed by atoms with E-state index in [4.69, 9.17) is 4.74 Å². The standard InChI is InChI=1S/C22H16N6O3S/c29-32(30,19-5-1-3-16-4-2-12-24-22(16)19)27-17-6-8-18(9-7-17)31-21-11-10-20(25-26-21)28-14-13-23-15-28/h1-15,27H. The quantitative estimate of drug-likeness (QED) is 0.424. The van der Waals surface area contributed by atoms with Crippen molar-refractivity contribution >= 4 is 26.6 Å². The van der Waals surface area contributed by atoms with Gasteiger partial charge in [-0.3, -0.25) is 14.3 Å². The number of anilines is 1. The molecule has 0 saturated heterocycles. The Labute approximate surface area is 183 Å². The minimum atomic E-state index is -3.82. The van der Waals surface area contributed by atoms with E-state index in [1.807, 2.05) is 12.1 Å². The summed E-state index contributed by atoms with van der Waals surface area (Å²) in [5.41, 5.74) is 0.812. The summed E-state index contributed by atoms with van der Waals surface area (Å²) < 4.78 is 35.8. The Balaban J connectivity index is 1.31. The van der Waals surface area contributed by atoms with Crippen LogP contribution in [0, 0.1) is 0 Å². The van der Waals surface area contributed by atoms with Crippen LogP contribution in [-0.4, -0.2) is 33.2 Å². The van der Waals surface area contributed by atoms with Gasteiger partial charge in [0.05, 0.1) is 5.52 Å². The van der Waals surface area contributed by atoms with Gasteiger partial charge in [0.15, 0.2) is 5.82 Å². The average Bonchev–Trinajstić information content (AvgIpc) is 3.35. The zero-order valence-electron chi connectivity index (χ0n) is 16.5. The number of sulfonamides is 1. The lowest BCUT2D eigenvalue weighted by molar-refractivity contribution is 0.454. The Kier molecular flexibility index (Phi) is 4.96. The zero-order chi connectivity index (χ0) is 22.0. The molecule has 9 nitrogen and oxygen atoms in total. The van der Waals surface area contributed by atoms with Gasteiger partial charge in [-0.05, 0) is 42.5 Å². The first-order valence-corrected chi connectivity index (χ1v) is 11.0. The molecule has 5 aromatic rings. The van der Waals surface area contributed by atoms with Crippen molar-refractivity contribution in [2.75, 3.05) is 4.72 Å². The van der Waals surface area contributed by atoms with Crippen LogP contribution >= 0.6 is 0 Å². The first-order chi connectivity index (χ1) is 15.6. The van der Waals surface area contributed by atoms with Crippen molar-refractivity contribution in [1.29, 1.82) is 0 Å². The summed E-state index contributed by atoms with van der Waals surface area (Å²) in [6.45, 7) is 0. The first kappa shape index (κ1) is 19.6. The second-order valence-electron chi connectivity index (χ2n) is 6.76. The molecule has 1 N–H and O–H groups in total. The number of fused-ring (bicyclic) bond motifs is 1. The largest absolute Gasteiger partial charge is 0.438 e. The second kappa shape index (κ2) is 8.08. The minimum absolute atomic E-state index is 0.115. The molecular weight excluding hydrogens is 428 g/mol. The van der Waals surface area contributed by atoms with Crippen molar-refractivity contribution in [2.24, 2.45) is 0 Å². The molecule has 32 heavy (non-hydrogen) atoms. The van der Waals surface area contributed by atoms with E-state index in [0.29, 0.717) is 28.7 Å². The summed E-state index contributed by atoms with van der Waals surface area (Å²) in [6.07, 6.45) is 6.61. The third-order valence-electron chi connectivity index (χ3n) is 4.61. The number of rotatable bonds is 6. The number of para-hydroxylation sites is 1. The van der Waals surface area contributed by atoms with Gasteiger partial charge >= 0.3 is 0 Å². The number of nitrogens with one attached hydrogen (secondary N) is 1. The van der Waals surface area contributed by atoms with Crippen LogP contribution in [0.3, 0.4) is 0 Å². The van der Waals surface area contributed by atoms with E-state index in [0.717, 1.165) is 5.39 Å². The number of aromatic nitrogens is 5. The molecule has 0 fully saturated rings. The number of nitrogens with zero attached hydrogens (tertiary/aromatic N) is 5. The SMILES string of the molecule is O=S(=O)(Nc1ccc(Oc2ccc(-n3ccnc3)nn2)cc1)c1cccc2cccnc12. The number of ether oxygens (including phenoxy) is 1. The fourth-order valence-electron chi connectivity index (χ4n) is 3.11. The first-order valence-electron chi connectivity index (χ1n) is 9.55. The van der Waals surface area contributed by atoms with Crippen molar-refractivity contribution in [3.05, 3.63) is 91.6 Å². The Bertz CT molecular complexity index is 1460. The van der Waals surface area contributed by atoms with Gasteiger partial charge in [-0.15, -0.1) is 10.2 Å². The van der Waals surface area contributed by atoms with Gasteiger partial charge < -0.3 is 4.74 Å². The Hall–Kier alpha value is -4.31. The predicted octanol–water partition coefficient (Wildman–Crippen LogP) is 3.80.